The van der Waals surface area contributed by atoms with Gasteiger partial charge in [0.05, 0.1) is 11.1 Å². The third-order valence-electron chi connectivity index (χ3n) is 4.18. The number of carbonyl (C=O) groups excluding carboxylic acids is 1. The Balaban J connectivity index is 1.48. The van der Waals surface area contributed by atoms with Gasteiger partial charge in [0.25, 0.3) is 11.6 Å². The highest BCUT2D eigenvalue weighted by Gasteiger charge is 2.24. The van der Waals surface area contributed by atoms with Gasteiger partial charge in [0.1, 0.15) is 6.10 Å². The highest BCUT2D eigenvalue weighted by atomic mass is 16.6. The van der Waals surface area contributed by atoms with Crippen molar-refractivity contribution in [3.8, 4) is 5.88 Å². The van der Waals surface area contributed by atoms with E-state index in [1.807, 2.05) is 0 Å². The Morgan fingerprint density at radius 2 is 1.88 bits per heavy atom. The second kappa shape index (κ2) is 7.69. The lowest BCUT2D eigenvalue weighted by molar-refractivity contribution is -0.384. The van der Waals surface area contributed by atoms with Crippen molar-refractivity contribution in [2.75, 3.05) is 0 Å². The monoisotopic (exact) mass is 342 g/mol. The predicted molar refractivity (Wildman–Crippen MR) is 89.3 cm³/mol. The molecule has 1 heterocycles. The molecule has 2 aromatic rings. The summed E-state index contributed by atoms with van der Waals surface area (Å²) in [5.41, 5.74) is 0.391. The molecule has 1 N–H and O–H groups in total. The van der Waals surface area contributed by atoms with Crippen LogP contribution in [0.1, 0.15) is 36.0 Å². The summed E-state index contributed by atoms with van der Waals surface area (Å²) in [5.74, 6) is 0.300. The van der Waals surface area contributed by atoms with Gasteiger partial charge < -0.3 is 10.1 Å². The zero-order valence-electron chi connectivity index (χ0n) is 13.5. The van der Waals surface area contributed by atoms with E-state index in [0.29, 0.717) is 11.4 Å². The van der Waals surface area contributed by atoms with Gasteiger partial charge in [-0.15, -0.1) is 0 Å². The number of hydrogen-bond donors (Lipinski definition) is 1. The van der Waals surface area contributed by atoms with Gasteiger partial charge in [0, 0.05) is 36.1 Å². The van der Waals surface area contributed by atoms with Crippen molar-refractivity contribution in [2.24, 2.45) is 0 Å². The van der Waals surface area contributed by atoms with Crippen molar-refractivity contribution in [2.45, 2.75) is 37.8 Å². The van der Waals surface area contributed by atoms with Crippen LogP contribution in [0.3, 0.4) is 0 Å². The number of amides is 1. The van der Waals surface area contributed by atoms with Gasteiger partial charge in [-0.3, -0.25) is 19.9 Å². The van der Waals surface area contributed by atoms with E-state index < -0.39 is 4.92 Å². The lowest BCUT2D eigenvalue weighted by Crippen LogP contribution is -2.39. The molecule has 25 heavy (non-hydrogen) atoms. The minimum absolute atomic E-state index is 0.0294. The summed E-state index contributed by atoms with van der Waals surface area (Å²) in [5, 5.41) is 13.6. The summed E-state index contributed by atoms with van der Waals surface area (Å²) in [7, 11) is 0. The Bertz CT molecular complexity index is 728. The molecule has 8 nitrogen and oxygen atoms in total. The topological polar surface area (TPSA) is 107 Å². The zero-order valence-corrected chi connectivity index (χ0v) is 13.5. The Kier molecular flexibility index (Phi) is 5.17. The number of nitro benzene ring substituents is 1. The molecule has 1 aliphatic carbocycles. The number of ether oxygens (including phenoxy) is 1. The fourth-order valence-corrected chi connectivity index (χ4v) is 2.85. The molecule has 3 rings (SSSR count). The SMILES string of the molecule is O=C(NC1CCC(Oc2cnccn2)CC1)c1ccc([N+](=O)[O-])cc1. The molecule has 1 amide bonds. The molecule has 1 aromatic heterocycles. The second-order valence-corrected chi connectivity index (χ2v) is 5.91. The summed E-state index contributed by atoms with van der Waals surface area (Å²) in [6.07, 6.45) is 8.10. The normalized spacial score (nSPS) is 19.8. The molecule has 0 aliphatic heterocycles. The van der Waals surface area contributed by atoms with Crippen molar-refractivity contribution in [1.82, 2.24) is 15.3 Å². The summed E-state index contributed by atoms with van der Waals surface area (Å²) >= 11 is 0. The molecule has 1 fully saturated rings. The molecule has 0 unspecified atom stereocenters. The van der Waals surface area contributed by atoms with Crippen LogP contribution in [0.2, 0.25) is 0 Å². The summed E-state index contributed by atoms with van der Waals surface area (Å²) in [6.45, 7) is 0. The lowest BCUT2D eigenvalue weighted by Gasteiger charge is -2.29. The van der Waals surface area contributed by atoms with Crippen molar-refractivity contribution in [1.29, 1.82) is 0 Å². The van der Waals surface area contributed by atoms with Crippen LogP contribution in [-0.4, -0.2) is 32.9 Å². The van der Waals surface area contributed by atoms with Crippen LogP contribution in [0, 0.1) is 10.1 Å². The fourth-order valence-electron chi connectivity index (χ4n) is 2.85. The van der Waals surface area contributed by atoms with Crippen LogP contribution >= 0.6 is 0 Å². The molecule has 0 bridgehead atoms. The summed E-state index contributed by atoms with van der Waals surface area (Å²) in [6, 6.07) is 5.68. The molecule has 0 spiro atoms. The fraction of sp³-hybridized carbons (Fsp3) is 0.353. The molecule has 130 valence electrons. The molecular formula is C17H18N4O4. The number of benzene rings is 1. The van der Waals surface area contributed by atoms with Gasteiger partial charge in [-0.25, -0.2) is 4.98 Å². The third kappa shape index (κ3) is 4.50. The van der Waals surface area contributed by atoms with Crippen LogP contribution in [0.25, 0.3) is 0 Å². The van der Waals surface area contributed by atoms with Crippen molar-refractivity contribution in [3.05, 3.63) is 58.5 Å². The van der Waals surface area contributed by atoms with Crippen LogP contribution in [-0.2, 0) is 0 Å². The minimum Gasteiger partial charge on any atom is -0.473 e. The Morgan fingerprint density at radius 3 is 2.48 bits per heavy atom. The van der Waals surface area contributed by atoms with Gasteiger partial charge in [-0.1, -0.05) is 0 Å². The number of nitrogens with one attached hydrogen (secondary N) is 1. The van der Waals surface area contributed by atoms with Crippen LogP contribution in [0.5, 0.6) is 5.88 Å². The molecule has 0 radical (unpaired) electrons. The molecular weight excluding hydrogens is 324 g/mol. The molecule has 1 saturated carbocycles. The number of non-ortho nitro benzene ring substituents is 1. The van der Waals surface area contributed by atoms with Crippen LogP contribution in [0.4, 0.5) is 5.69 Å². The average Bonchev–Trinajstić information content (AvgIpc) is 2.64. The van der Waals surface area contributed by atoms with Gasteiger partial charge in [-0.05, 0) is 37.8 Å². The first-order chi connectivity index (χ1) is 12.1. The first-order valence-corrected chi connectivity index (χ1v) is 8.10. The highest BCUT2D eigenvalue weighted by Crippen LogP contribution is 2.23. The molecule has 1 aliphatic rings. The van der Waals surface area contributed by atoms with E-state index in [2.05, 4.69) is 15.3 Å². The quantitative estimate of drug-likeness (QED) is 0.661. The van der Waals surface area contributed by atoms with Gasteiger partial charge in [-0.2, -0.15) is 0 Å². The van der Waals surface area contributed by atoms with Gasteiger partial charge in [0.2, 0.25) is 5.88 Å². The predicted octanol–water partition coefficient (Wildman–Crippen LogP) is 2.50. The Labute approximate surface area is 144 Å². The van der Waals surface area contributed by atoms with Gasteiger partial charge in [0.15, 0.2) is 0 Å². The maximum Gasteiger partial charge on any atom is 0.269 e. The van der Waals surface area contributed by atoms with E-state index in [-0.39, 0.29) is 23.7 Å². The zero-order chi connectivity index (χ0) is 17.6. The number of rotatable bonds is 5. The van der Waals surface area contributed by atoms with E-state index in [0.717, 1.165) is 25.7 Å². The average molecular weight is 342 g/mol. The number of carbonyl (C=O) groups is 1. The van der Waals surface area contributed by atoms with Crippen LogP contribution in [0.15, 0.2) is 42.9 Å². The second-order valence-electron chi connectivity index (χ2n) is 5.91. The van der Waals surface area contributed by atoms with Crippen molar-refractivity contribution in [3.63, 3.8) is 0 Å². The van der Waals surface area contributed by atoms with E-state index in [1.165, 1.54) is 24.3 Å². The number of nitro groups is 1. The van der Waals surface area contributed by atoms with E-state index in [4.69, 9.17) is 4.74 Å². The third-order valence-corrected chi connectivity index (χ3v) is 4.18. The van der Waals surface area contributed by atoms with E-state index >= 15 is 0 Å². The molecule has 0 saturated heterocycles. The maximum absolute atomic E-state index is 12.2. The van der Waals surface area contributed by atoms with E-state index in [1.54, 1.807) is 18.6 Å². The number of nitrogens with zero attached hydrogens (tertiary/aromatic N) is 3. The number of aromatic nitrogens is 2. The van der Waals surface area contributed by atoms with E-state index in [9.17, 15) is 14.9 Å². The Morgan fingerprint density at radius 1 is 1.16 bits per heavy atom. The van der Waals surface area contributed by atoms with Crippen molar-refractivity contribution >= 4 is 11.6 Å². The Hall–Kier alpha value is -3.03. The number of hydrogen-bond acceptors (Lipinski definition) is 6. The minimum atomic E-state index is -0.486. The van der Waals surface area contributed by atoms with Crippen LogP contribution < -0.4 is 10.1 Å². The summed E-state index contributed by atoms with van der Waals surface area (Å²) < 4.78 is 5.78. The smallest absolute Gasteiger partial charge is 0.269 e. The largest absolute Gasteiger partial charge is 0.473 e. The maximum atomic E-state index is 12.2. The first kappa shape index (κ1) is 16.8. The van der Waals surface area contributed by atoms with Gasteiger partial charge >= 0.3 is 0 Å². The van der Waals surface area contributed by atoms with Crippen molar-refractivity contribution < 1.29 is 14.5 Å². The standard InChI is InChI=1S/C17H18N4O4/c22-17(12-1-5-14(6-2-12)21(23)24)20-13-3-7-15(8-4-13)25-16-11-18-9-10-19-16/h1-2,5-6,9-11,13,15H,3-4,7-8H2,(H,20,22). The molecule has 0 atom stereocenters. The summed E-state index contributed by atoms with van der Waals surface area (Å²) in [4.78, 5) is 30.5. The highest BCUT2D eigenvalue weighted by molar-refractivity contribution is 5.94. The lowest BCUT2D eigenvalue weighted by atomic mass is 9.92. The molecule has 1 aromatic carbocycles. The molecule has 8 heteroatoms. The first-order valence-electron chi connectivity index (χ1n) is 8.10.